The Balaban J connectivity index is 1.60. The summed E-state index contributed by atoms with van der Waals surface area (Å²) < 4.78 is 10.5. The van der Waals surface area contributed by atoms with Gasteiger partial charge < -0.3 is 20.1 Å². The van der Waals surface area contributed by atoms with E-state index in [1.807, 2.05) is 18.2 Å². The van der Waals surface area contributed by atoms with E-state index >= 15 is 0 Å². The van der Waals surface area contributed by atoms with E-state index in [-0.39, 0.29) is 11.6 Å². The first-order chi connectivity index (χ1) is 13.6. The van der Waals surface area contributed by atoms with Gasteiger partial charge in [-0.15, -0.1) is 10.2 Å². The fourth-order valence-corrected chi connectivity index (χ4v) is 2.68. The fourth-order valence-electron chi connectivity index (χ4n) is 2.49. The lowest BCUT2D eigenvalue weighted by Crippen LogP contribution is -2.14. The van der Waals surface area contributed by atoms with Crippen molar-refractivity contribution in [3.8, 4) is 11.5 Å². The number of nitrogens with zero attached hydrogens (tertiary/aromatic N) is 2. The second-order valence-corrected chi connectivity index (χ2v) is 6.25. The van der Waals surface area contributed by atoms with Crippen LogP contribution in [0.3, 0.4) is 0 Å². The van der Waals surface area contributed by atoms with Gasteiger partial charge in [0, 0.05) is 17.3 Å². The van der Waals surface area contributed by atoms with Gasteiger partial charge in [-0.05, 0) is 48.0 Å². The molecule has 0 bridgehead atoms. The first kappa shape index (κ1) is 19.4. The Hall–Kier alpha value is -3.32. The van der Waals surface area contributed by atoms with Crippen molar-refractivity contribution < 1.29 is 14.3 Å². The van der Waals surface area contributed by atoms with Gasteiger partial charge >= 0.3 is 0 Å². The summed E-state index contributed by atoms with van der Waals surface area (Å²) in [7, 11) is 3.18. The smallest absolute Gasteiger partial charge is 0.276 e. The zero-order valence-electron chi connectivity index (χ0n) is 15.4. The number of carbonyl (C=O) groups is 1. The van der Waals surface area contributed by atoms with Gasteiger partial charge in [-0.2, -0.15) is 0 Å². The molecular formula is C20H19ClN4O3. The Morgan fingerprint density at radius 3 is 2.50 bits per heavy atom. The number of anilines is 2. The summed E-state index contributed by atoms with van der Waals surface area (Å²) in [6, 6.07) is 15.8. The summed E-state index contributed by atoms with van der Waals surface area (Å²) in [5, 5.41) is 14.4. The van der Waals surface area contributed by atoms with Crippen LogP contribution in [0.4, 0.5) is 11.5 Å². The minimum absolute atomic E-state index is 0.205. The number of aromatic nitrogens is 2. The van der Waals surface area contributed by atoms with Crippen molar-refractivity contribution in [1.82, 2.24) is 10.2 Å². The number of methoxy groups -OCH3 is 2. The Kier molecular flexibility index (Phi) is 6.29. The molecule has 2 N–H and O–H groups in total. The summed E-state index contributed by atoms with van der Waals surface area (Å²) in [5.41, 5.74) is 1.79. The first-order valence-electron chi connectivity index (χ1n) is 8.44. The molecule has 0 atom stereocenters. The highest BCUT2D eigenvalue weighted by molar-refractivity contribution is 6.30. The van der Waals surface area contributed by atoms with Crippen molar-refractivity contribution in [2.45, 2.75) is 6.54 Å². The highest BCUT2D eigenvalue weighted by Crippen LogP contribution is 2.27. The number of hydrogen-bond acceptors (Lipinski definition) is 6. The Morgan fingerprint density at radius 2 is 1.82 bits per heavy atom. The average molecular weight is 399 g/mol. The third-order valence-electron chi connectivity index (χ3n) is 3.90. The summed E-state index contributed by atoms with van der Waals surface area (Å²) in [6.07, 6.45) is 0. The summed E-state index contributed by atoms with van der Waals surface area (Å²) >= 11 is 5.91. The van der Waals surface area contributed by atoms with Gasteiger partial charge in [-0.3, -0.25) is 4.79 Å². The largest absolute Gasteiger partial charge is 0.493 e. The first-order valence-corrected chi connectivity index (χ1v) is 8.82. The quantitative estimate of drug-likeness (QED) is 0.625. The number of carbonyl (C=O) groups excluding carboxylic acids is 1. The standard InChI is InChI=1S/C20H19ClN4O3/c1-27-17-8-6-13(10-18(17)28-2)12-22-19-9-7-16(24-25-19)20(26)23-15-5-3-4-14(21)11-15/h3-11H,12H2,1-2H3,(H,22,25)(H,23,26). The molecule has 0 aliphatic heterocycles. The van der Waals surface area contributed by atoms with Crippen molar-refractivity contribution >= 4 is 29.0 Å². The fraction of sp³-hybridized carbons (Fsp3) is 0.150. The number of nitrogens with one attached hydrogen (secondary N) is 2. The summed E-state index contributed by atoms with van der Waals surface area (Å²) in [4.78, 5) is 12.2. The average Bonchev–Trinajstić information content (AvgIpc) is 2.72. The van der Waals surface area contributed by atoms with Crippen LogP contribution in [-0.2, 0) is 6.54 Å². The zero-order valence-corrected chi connectivity index (χ0v) is 16.2. The van der Waals surface area contributed by atoms with Crippen molar-refractivity contribution in [2.24, 2.45) is 0 Å². The molecule has 8 heteroatoms. The predicted molar refractivity (Wildman–Crippen MR) is 108 cm³/mol. The maximum atomic E-state index is 12.2. The van der Waals surface area contributed by atoms with Gasteiger partial charge in [0.25, 0.3) is 5.91 Å². The molecular weight excluding hydrogens is 380 g/mol. The number of amides is 1. The van der Waals surface area contributed by atoms with Gasteiger partial charge in [0.1, 0.15) is 5.82 Å². The SMILES string of the molecule is COc1ccc(CNc2ccc(C(=O)Nc3cccc(Cl)c3)nn2)cc1OC. The van der Waals surface area contributed by atoms with Gasteiger partial charge in [-0.1, -0.05) is 23.7 Å². The normalized spacial score (nSPS) is 10.2. The van der Waals surface area contributed by atoms with Crippen LogP contribution in [0.1, 0.15) is 16.1 Å². The Labute approximate surface area is 167 Å². The molecule has 1 aromatic heterocycles. The molecule has 0 spiro atoms. The molecule has 2 aromatic carbocycles. The van der Waals surface area contributed by atoms with Crippen molar-refractivity contribution in [2.75, 3.05) is 24.9 Å². The van der Waals surface area contributed by atoms with Gasteiger partial charge in [0.05, 0.1) is 14.2 Å². The monoisotopic (exact) mass is 398 g/mol. The molecule has 1 amide bonds. The van der Waals surface area contributed by atoms with E-state index < -0.39 is 0 Å². The lowest BCUT2D eigenvalue weighted by atomic mass is 10.2. The van der Waals surface area contributed by atoms with Gasteiger partial charge in [0.15, 0.2) is 17.2 Å². The lowest BCUT2D eigenvalue weighted by molar-refractivity contribution is 0.102. The molecule has 0 aliphatic carbocycles. The van der Waals surface area contributed by atoms with Crippen LogP contribution >= 0.6 is 11.6 Å². The van der Waals surface area contributed by atoms with E-state index in [0.717, 1.165) is 5.56 Å². The maximum Gasteiger partial charge on any atom is 0.276 e. The van der Waals surface area contributed by atoms with Crippen LogP contribution in [-0.4, -0.2) is 30.3 Å². The predicted octanol–water partition coefficient (Wildman–Crippen LogP) is 4.01. The Morgan fingerprint density at radius 1 is 1.00 bits per heavy atom. The van der Waals surface area contributed by atoms with Crippen LogP contribution in [0, 0.1) is 0 Å². The number of halogens is 1. The molecule has 144 valence electrons. The molecule has 0 unspecified atom stereocenters. The highest BCUT2D eigenvalue weighted by atomic mass is 35.5. The van der Waals surface area contributed by atoms with Crippen molar-refractivity contribution in [1.29, 1.82) is 0 Å². The van der Waals surface area contributed by atoms with E-state index in [4.69, 9.17) is 21.1 Å². The van der Waals surface area contributed by atoms with Crippen LogP contribution in [0.25, 0.3) is 0 Å². The van der Waals surface area contributed by atoms with E-state index in [1.54, 1.807) is 50.6 Å². The van der Waals surface area contributed by atoms with Crippen LogP contribution in [0.5, 0.6) is 11.5 Å². The Bertz CT molecular complexity index is 964. The summed E-state index contributed by atoms with van der Waals surface area (Å²) in [6.45, 7) is 0.517. The maximum absolute atomic E-state index is 12.2. The third-order valence-corrected chi connectivity index (χ3v) is 4.14. The number of rotatable bonds is 7. The van der Waals surface area contributed by atoms with E-state index in [2.05, 4.69) is 20.8 Å². The zero-order chi connectivity index (χ0) is 19.9. The lowest BCUT2D eigenvalue weighted by Gasteiger charge is -2.10. The van der Waals surface area contributed by atoms with Crippen molar-refractivity contribution in [3.63, 3.8) is 0 Å². The van der Waals surface area contributed by atoms with Gasteiger partial charge in [-0.25, -0.2) is 0 Å². The topological polar surface area (TPSA) is 85.4 Å². The van der Waals surface area contributed by atoms with Gasteiger partial charge in [0.2, 0.25) is 0 Å². The van der Waals surface area contributed by atoms with Crippen molar-refractivity contribution in [3.05, 3.63) is 70.9 Å². The number of ether oxygens (including phenoxy) is 2. The van der Waals surface area contributed by atoms with Crippen LogP contribution in [0.2, 0.25) is 5.02 Å². The molecule has 0 aliphatic rings. The second kappa shape index (κ2) is 9.05. The molecule has 3 rings (SSSR count). The summed E-state index contributed by atoms with van der Waals surface area (Å²) in [5.74, 6) is 1.51. The second-order valence-electron chi connectivity index (χ2n) is 5.81. The number of hydrogen-bond donors (Lipinski definition) is 2. The van der Waals surface area contributed by atoms with Crippen LogP contribution in [0.15, 0.2) is 54.6 Å². The minimum atomic E-state index is -0.360. The molecule has 28 heavy (non-hydrogen) atoms. The molecule has 0 fully saturated rings. The van der Waals surface area contributed by atoms with E-state index in [0.29, 0.717) is 34.6 Å². The highest BCUT2D eigenvalue weighted by Gasteiger charge is 2.09. The third kappa shape index (κ3) is 4.89. The molecule has 0 radical (unpaired) electrons. The molecule has 1 heterocycles. The van der Waals surface area contributed by atoms with Crippen LogP contribution < -0.4 is 20.1 Å². The van der Waals surface area contributed by atoms with E-state index in [1.165, 1.54) is 0 Å². The number of benzene rings is 2. The molecule has 7 nitrogen and oxygen atoms in total. The van der Waals surface area contributed by atoms with E-state index in [9.17, 15) is 4.79 Å². The molecule has 0 saturated carbocycles. The molecule has 0 saturated heterocycles. The minimum Gasteiger partial charge on any atom is -0.493 e. The molecule has 3 aromatic rings.